The SMILES string of the molecule is CO[Si](CCCSCC(C)C(=O)OCCCC(=O)O)(OC)OC. The summed E-state index contributed by atoms with van der Waals surface area (Å²) in [6, 6.07) is 0.734. The summed E-state index contributed by atoms with van der Waals surface area (Å²) >= 11 is 1.67. The molecule has 0 rings (SSSR count). The van der Waals surface area contributed by atoms with Gasteiger partial charge >= 0.3 is 20.7 Å². The first-order valence-electron chi connectivity index (χ1n) is 7.52. The fraction of sp³-hybridized carbons (Fsp3) is 0.857. The number of esters is 1. The molecule has 7 nitrogen and oxygen atoms in total. The third-order valence-corrected chi connectivity index (χ3v) is 7.40. The minimum absolute atomic E-state index is 0.0144. The van der Waals surface area contributed by atoms with Gasteiger partial charge in [-0.1, -0.05) is 6.92 Å². The van der Waals surface area contributed by atoms with Crippen LogP contribution in [0.3, 0.4) is 0 Å². The maximum Gasteiger partial charge on any atom is 0.500 e. The Kier molecular flexibility index (Phi) is 12.4. The summed E-state index contributed by atoms with van der Waals surface area (Å²) in [5.41, 5.74) is 0. The molecule has 9 heteroatoms. The maximum absolute atomic E-state index is 11.7. The second-order valence-corrected chi connectivity index (χ2v) is 9.28. The van der Waals surface area contributed by atoms with Crippen molar-refractivity contribution in [2.75, 3.05) is 39.4 Å². The first-order valence-corrected chi connectivity index (χ1v) is 10.6. The monoisotopic (exact) mass is 368 g/mol. The van der Waals surface area contributed by atoms with Crippen LogP contribution in [0.15, 0.2) is 0 Å². The van der Waals surface area contributed by atoms with E-state index in [9.17, 15) is 9.59 Å². The molecule has 0 radical (unpaired) electrons. The highest BCUT2D eigenvalue weighted by Gasteiger charge is 2.36. The molecule has 0 aromatic heterocycles. The third kappa shape index (κ3) is 9.98. The van der Waals surface area contributed by atoms with Crippen LogP contribution in [0.1, 0.15) is 26.2 Å². The summed E-state index contributed by atoms with van der Waals surface area (Å²) in [7, 11) is 2.28. The van der Waals surface area contributed by atoms with Gasteiger partial charge in [0.15, 0.2) is 0 Å². The number of aliphatic carboxylic acids is 1. The summed E-state index contributed by atoms with van der Waals surface area (Å²) in [4.78, 5) is 22.1. The van der Waals surface area contributed by atoms with Gasteiger partial charge in [-0.3, -0.25) is 9.59 Å². The lowest BCUT2D eigenvalue weighted by molar-refractivity contribution is -0.148. The van der Waals surface area contributed by atoms with E-state index in [0.717, 1.165) is 18.2 Å². The van der Waals surface area contributed by atoms with Gasteiger partial charge in [-0.25, -0.2) is 0 Å². The van der Waals surface area contributed by atoms with Gasteiger partial charge in [-0.2, -0.15) is 11.8 Å². The second-order valence-electron chi connectivity index (χ2n) is 5.04. The average Bonchev–Trinajstić information content (AvgIpc) is 2.55. The van der Waals surface area contributed by atoms with Crippen molar-refractivity contribution < 1.29 is 32.7 Å². The normalized spacial score (nSPS) is 12.9. The van der Waals surface area contributed by atoms with Gasteiger partial charge in [0.05, 0.1) is 12.5 Å². The summed E-state index contributed by atoms with van der Waals surface area (Å²) in [6.45, 7) is 1.97. The molecule has 0 bridgehead atoms. The first kappa shape index (κ1) is 22.4. The van der Waals surface area contributed by atoms with E-state index in [2.05, 4.69) is 0 Å². The molecule has 0 heterocycles. The van der Waals surface area contributed by atoms with E-state index in [1.54, 1.807) is 33.1 Å². The predicted molar refractivity (Wildman–Crippen MR) is 90.5 cm³/mol. The number of ether oxygens (including phenoxy) is 1. The van der Waals surface area contributed by atoms with E-state index in [-0.39, 0.29) is 24.9 Å². The standard InChI is InChI=1S/C14H28O7SSi/c1-12(14(17)21-8-5-7-13(15)16)11-22-9-6-10-23(18-2,19-3)20-4/h12H,5-11H2,1-4H3,(H,15,16). The average molecular weight is 369 g/mol. The van der Waals surface area contributed by atoms with Crippen LogP contribution in [0.2, 0.25) is 6.04 Å². The molecule has 0 fully saturated rings. The third-order valence-electron chi connectivity index (χ3n) is 3.25. The van der Waals surface area contributed by atoms with Gasteiger partial charge in [-0.05, 0) is 18.6 Å². The van der Waals surface area contributed by atoms with Crippen molar-refractivity contribution in [1.82, 2.24) is 0 Å². The minimum atomic E-state index is -2.50. The molecule has 1 unspecified atom stereocenters. The van der Waals surface area contributed by atoms with E-state index < -0.39 is 14.8 Å². The summed E-state index contributed by atoms with van der Waals surface area (Å²) < 4.78 is 21.1. The van der Waals surface area contributed by atoms with Gasteiger partial charge in [-0.15, -0.1) is 0 Å². The highest BCUT2D eigenvalue weighted by atomic mass is 32.2. The van der Waals surface area contributed by atoms with Crippen LogP contribution in [0.25, 0.3) is 0 Å². The van der Waals surface area contributed by atoms with Crippen LogP contribution in [-0.2, 0) is 27.6 Å². The van der Waals surface area contributed by atoms with Crippen molar-refractivity contribution >= 4 is 32.5 Å². The highest BCUT2D eigenvalue weighted by Crippen LogP contribution is 2.18. The topological polar surface area (TPSA) is 91.3 Å². The number of carbonyl (C=O) groups is 2. The number of carboxylic acid groups (broad SMARTS) is 1. The van der Waals surface area contributed by atoms with Crippen molar-refractivity contribution in [3.05, 3.63) is 0 Å². The van der Waals surface area contributed by atoms with E-state index in [1.807, 2.05) is 6.92 Å². The van der Waals surface area contributed by atoms with Gasteiger partial charge < -0.3 is 23.1 Å². The molecule has 0 aliphatic heterocycles. The molecule has 0 saturated heterocycles. The second kappa shape index (κ2) is 12.8. The number of hydrogen-bond donors (Lipinski definition) is 1. The molecular weight excluding hydrogens is 340 g/mol. The van der Waals surface area contributed by atoms with Crippen molar-refractivity contribution in [2.24, 2.45) is 5.92 Å². The Bertz CT molecular complexity index is 342. The van der Waals surface area contributed by atoms with Crippen LogP contribution in [0, 0.1) is 5.92 Å². The van der Waals surface area contributed by atoms with Gasteiger partial charge in [0, 0.05) is 39.5 Å². The van der Waals surface area contributed by atoms with Crippen molar-refractivity contribution in [2.45, 2.75) is 32.2 Å². The Morgan fingerprint density at radius 3 is 2.26 bits per heavy atom. The highest BCUT2D eigenvalue weighted by molar-refractivity contribution is 7.99. The minimum Gasteiger partial charge on any atom is -0.481 e. The van der Waals surface area contributed by atoms with E-state index in [0.29, 0.717) is 12.2 Å². The number of hydrogen-bond acceptors (Lipinski definition) is 7. The van der Waals surface area contributed by atoms with Gasteiger partial charge in [0.25, 0.3) is 0 Å². The lowest BCUT2D eigenvalue weighted by Gasteiger charge is -2.24. The number of carbonyl (C=O) groups excluding carboxylic acids is 1. The molecule has 1 atom stereocenters. The summed E-state index contributed by atoms with van der Waals surface area (Å²) in [6.07, 6.45) is 1.24. The first-order chi connectivity index (χ1) is 10.9. The smallest absolute Gasteiger partial charge is 0.481 e. The molecule has 0 amide bonds. The number of thioether (sulfide) groups is 1. The zero-order valence-electron chi connectivity index (χ0n) is 14.3. The molecule has 0 saturated carbocycles. The molecular formula is C14H28O7SSi. The van der Waals surface area contributed by atoms with E-state index in [1.165, 1.54) is 0 Å². The fourth-order valence-corrected chi connectivity index (χ4v) is 4.80. The summed E-state index contributed by atoms with van der Waals surface area (Å²) in [5.74, 6) is 0.171. The largest absolute Gasteiger partial charge is 0.500 e. The van der Waals surface area contributed by atoms with E-state index >= 15 is 0 Å². The van der Waals surface area contributed by atoms with Crippen LogP contribution in [0.4, 0.5) is 0 Å². The fourth-order valence-electron chi connectivity index (χ4n) is 1.81. The summed E-state index contributed by atoms with van der Waals surface area (Å²) in [5, 5.41) is 8.50. The molecule has 23 heavy (non-hydrogen) atoms. The Labute approximate surface area is 143 Å². The van der Waals surface area contributed by atoms with Gasteiger partial charge in [0.1, 0.15) is 0 Å². The van der Waals surface area contributed by atoms with Crippen LogP contribution in [-0.4, -0.2) is 65.3 Å². The number of rotatable bonds is 14. The predicted octanol–water partition coefficient (Wildman–Crippen LogP) is 2.03. The quantitative estimate of drug-likeness (QED) is 0.283. The van der Waals surface area contributed by atoms with Crippen LogP contribution >= 0.6 is 11.8 Å². The molecule has 136 valence electrons. The lowest BCUT2D eigenvalue weighted by atomic mass is 10.2. The number of carboxylic acids is 1. The van der Waals surface area contributed by atoms with Crippen molar-refractivity contribution in [3.8, 4) is 0 Å². The Hall–Kier alpha value is -0.613. The maximum atomic E-state index is 11.7. The lowest BCUT2D eigenvalue weighted by Crippen LogP contribution is -2.42. The van der Waals surface area contributed by atoms with Gasteiger partial charge in [0.2, 0.25) is 0 Å². The molecule has 0 aliphatic rings. The Morgan fingerprint density at radius 1 is 1.13 bits per heavy atom. The van der Waals surface area contributed by atoms with Crippen LogP contribution < -0.4 is 0 Å². The Morgan fingerprint density at radius 2 is 1.74 bits per heavy atom. The molecule has 0 aromatic rings. The zero-order valence-corrected chi connectivity index (χ0v) is 16.1. The van der Waals surface area contributed by atoms with Crippen LogP contribution in [0.5, 0.6) is 0 Å². The zero-order chi connectivity index (χ0) is 17.7. The Balaban J connectivity index is 3.78. The van der Waals surface area contributed by atoms with Crippen molar-refractivity contribution in [3.63, 3.8) is 0 Å². The molecule has 0 aromatic carbocycles. The molecule has 0 aliphatic carbocycles. The van der Waals surface area contributed by atoms with E-state index in [4.69, 9.17) is 23.1 Å². The van der Waals surface area contributed by atoms with Crippen molar-refractivity contribution in [1.29, 1.82) is 0 Å². The molecule has 1 N–H and O–H groups in total. The molecule has 0 spiro atoms.